The van der Waals surface area contributed by atoms with Crippen molar-refractivity contribution in [3.8, 4) is 0 Å². The van der Waals surface area contributed by atoms with E-state index in [4.69, 9.17) is 14.3 Å². The zero-order valence-corrected chi connectivity index (χ0v) is 9.79. The van der Waals surface area contributed by atoms with E-state index in [9.17, 15) is 4.79 Å². The number of aromatic nitrogens is 2. The van der Waals surface area contributed by atoms with E-state index in [0.717, 1.165) is 5.69 Å². The molecule has 6 heteroatoms. The van der Waals surface area contributed by atoms with Crippen LogP contribution in [-0.2, 0) is 9.53 Å². The fourth-order valence-corrected chi connectivity index (χ4v) is 2.07. The maximum atomic E-state index is 10.8. The van der Waals surface area contributed by atoms with Gasteiger partial charge in [-0.2, -0.15) is 4.98 Å². The van der Waals surface area contributed by atoms with Crippen LogP contribution in [0, 0.1) is 6.92 Å². The van der Waals surface area contributed by atoms with E-state index in [2.05, 4.69) is 9.97 Å². The lowest BCUT2D eigenvalue weighted by atomic mass is 10.2. The molecule has 2 aromatic rings. The van der Waals surface area contributed by atoms with Crippen LogP contribution >= 0.6 is 0 Å². The molecule has 1 aliphatic rings. The zero-order valence-electron chi connectivity index (χ0n) is 9.79. The number of oxazole rings is 1. The molecule has 6 nitrogen and oxygen atoms in total. The van der Waals surface area contributed by atoms with Crippen molar-refractivity contribution in [1.29, 1.82) is 0 Å². The van der Waals surface area contributed by atoms with Crippen molar-refractivity contribution in [3.63, 3.8) is 0 Å². The fraction of sp³-hybridized carbons (Fsp3) is 0.417. The first-order valence-corrected chi connectivity index (χ1v) is 5.76. The summed E-state index contributed by atoms with van der Waals surface area (Å²) in [5.41, 5.74) is 1.99. The normalized spacial score (nSPS) is 23.6. The predicted octanol–water partition coefficient (Wildman–Crippen LogP) is 1.84. The van der Waals surface area contributed by atoms with Crippen LogP contribution in [0.2, 0.25) is 0 Å². The van der Waals surface area contributed by atoms with Gasteiger partial charge in [-0.15, -0.1) is 0 Å². The molecule has 0 amide bonds. The third-order valence-electron chi connectivity index (χ3n) is 2.98. The van der Waals surface area contributed by atoms with Crippen molar-refractivity contribution in [2.24, 2.45) is 0 Å². The number of hydrogen-bond donors (Lipinski definition) is 1. The smallest absolute Gasteiger partial charge is 0.332 e. The number of aliphatic carboxylic acids is 1. The summed E-state index contributed by atoms with van der Waals surface area (Å²) in [5, 5.41) is 8.87. The van der Waals surface area contributed by atoms with Crippen LogP contribution in [0.4, 0.5) is 0 Å². The first kappa shape index (κ1) is 11.2. The number of hydrogen-bond acceptors (Lipinski definition) is 5. The first-order chi connectivity index (χ1) is 8.63. The molecule has 0 saturated carbocycles. The summed E-state index contributed by atoms with van der Waals surface area (Å²) >= 11 is 0. The second-order valence-corrected chi connectivity index (χ2v) is 4.36. The molecule has 1 fully saturated rings. The van der Waals surface area contributed by atoms with E-state index in [1.807, 2.05) is 13.0 Å². The van der Waals surface area contributed by atoms with Crippen LogP contribution in [0.5, 0.6) is 0 Å². The Bertz CT molecular complexity index is 607. The number of ether oxygens (including phenoxy) is 1. The quantitative estimate of drug-likeness (QED) is 0.872. The number of rotatable bonds is 2. The average Bonchev–Trinajstić information content (AvgIpc) is 2.93. The van der Waals surface area contributed by atoms with E-state index in [1.54, 1.807) is 6.07 Å². The lowest BCUT2D eigenvalue weighted by molar-refractivity contribution is -0.149. The Kier molecular flexibility index (Phi) is 2.52. The Morgan fingerprint density at radius 2 is 2.22 bits per heavy atom. The Balaban J connectivity index is 1.89. The first-order valence-electron chi connectivity index (χ1n) is 5.76. The van der Waals surface area contributed by atoms with Gasteiger partial charge in [-0.25, -0.2) is 9.78 Å². The molecule has 0 aliphatic carbocycles. The molecule has 2 unspecified atom stereocenters. The van der Waals surface area contributed by atoms with Crippen LogP contribution in [0.1, 0.15) is 30.5 Å². The average molecular weight is 248 g/mol. The molecule has 2 atom stereocenters. The third-order valence-corrected chi connectivity index (χ3v) is 2.98. The van der Waals surface area contributed by atoms with Crippen molar-refractivity contribution in [2.75, 3.05) is 0 Å². The van der Waals surface area contributed by atoms with Crippen molar-refractivity contribution in [1.82, 2.24) is 9.97 Å². The van der Waals surface area contributed by atoms with Gasteiger partial charge in [-0.3, -0.25) is 0 Å². The van der Waals surface area contributed by atoms with Crippen LogP contribution in [-0.4, -0.2) is 27.1 Å². The summed E-state index contributed by atoms with van der Waals surface area (Å²) in [6.45, 7) is 1.88. The molecule has 0 aromatic carbocycles. The van der Waals surface area contributed by atoms with E-state index in [1.165, 1.54) is 0 Å². The zero-order chi connectivity index (χ0) is 12.7. The maximum Gasteiger partial charge on any atom is 0.332 e. The SMILES string of the molecule is Cc1ccc2oc(C3CCC(C(=O)O)O3)nc2n1. The van der Waals surface area contributed by atoms with Gasteiger partial charge in [0, 0.05) is 5.69 Å². The molecule has 1 N–H and O–H groups in total. The van der Waals surface area contributed by atoms with E-state index >= 15 is 0 Å². The van der Waals surface area contributed by atoms with Gasteiger partial charge in [0.2, 0.25) is 5.89 Å². The van der Waals surface area contributed by atoms with Gasteiger partial charge in [0.15, 0.2) is 17.3 Å². The minimum Gasteiger partial charge on any atom is -0.479 e. The minimum absolute atomic E-state index is 0.388. The topological polar surface area (TPSA) is 85.5 Å². The number of fused-ring (bicyclic) bond motifs is 1. The Labute approximate surface area is 103 Å². The van der Waals surface area contributed by atoms with Crippen LogP contribution in [0.25, 0.3) is 11.2 Å². The van der Waals surface area contributed by atoms with Crippen molar-refractivity contribution < 1.29 is 19.1 Å². The van der Waals surface area contributed by atoms with Crippen molar-refractivity contribution >= 4 is 17.2 Å². The van der Waals surface area contributed by atoms with E-state index < -0.39 is 12.1 Å². The highest BCUT2D eigenvalue weighted by atomic mass is 16.5. The van der Waals surface area contributed by atoms with Crippen molar-refractivity contribution in [2.45, 2.75) is 32.0 Å². The highest BCUT2D eigenvalue weighted by Gasteiger charge is 2.34. The Morgan fingerprint density at radius 1 is 1.39 bits per heavy atom. The summed E-state index contributed by atoms with van der Waals surface area (Å²) < 4.78 is 10.9. The maximum absolute atomic E-state index is 10.8. The monoisotopic (exact) mass is 248 g/mol. The highest BCUT2D eigenvalue weighted by Crippen LogP contribution is 2.33. The number of carboxylic acid groups (broad SMARTS) is 1. The standard InChI is InChI=1S/C12H12N2O4/c1-6-2-3-7-10(13-6)14-11(18-7)8-4-5-9(17-8)12(15)16/h2-3,8-9H,4-5H2,1H3,(H,15,16). The van der Waals surface area contributed by atoms with Gasteiger partial charge in [-0.1, -0.05) is 0 Å². The third kappa shape index (κ3) is 1.84. The Morgan fingerprint density at radius 3 is 2.94 bits per heavy atom. The molecule has 0 bridgehead atoms. The van der Waals surface area contributed by atoms with Gasteiger partial charge >= 0.3 is 5.97 Å². The number of pyridine rings is 1. The predicted molar refractivity (Wildman–Crippen MR) is 61.0 cm³/mol. The second-order valence-electron chi connectivity index (χ2n) is 4.36. The summed E-state index contributed by atoms with van der Waals surface area (Å²) in [4.78, 5) is 19.3. The van der Waals surface area contributed by atoms with Crippen LogP contribution in [0.15, 0.2) is 16.5 Å². The molecule has 0 radical (unpaired) electrons. The number of aryl methyl sites for hydroxylation is 1. The van der Waals surface area contributed by atoms with Crippen LogP contribution in [0.3, 0.4) is 0 Å². The van der Waals surface area contributed by atoms with Gasteiger partial charge < -0.3 is 14.3 Å². The van der Waals surface area contributed by atoms with Gasteiger partial charge in [-0.05, 0) is 31.9 Å². The number of nitrogens with zero attached hydrogens (tertiary/aromatic N) is 2. The number of carboxylic acids is 1. The molecule has 1 saturated heterocycles. The second kappa shape index (κ2) is 4.06. The Hall–Kier alpha value is -1.95. The van der Waals surface area contributed by atoms with Gasteiger partial charge in [0.1, 0.15) is 6.10 Å². The molecule has 0 spiro atoms. The van der Waals surface area contributed by atoms with E-state index in [-0.39, 0.29) is 6.10 Å². The highest BCUT2D eigenvalue weighted by molar-refractivity contribution is 5.72. The summed E-state index contributed by atoms with van der Waals surface area (Å²) in [6.07, 6.45) is -0.0752. The fourth-order valence-electron chi connectivity index (χ4n) is 2.07. The summed E-state index contributed by atoms with van der Waals surface area (Å²) in [6, 6.07) is 3.64. The molecule has 18 heavy (non-hydrogen) atoms. The lowest BCUT2D eigenvalue weighted by Crippen LogP contribution is -2.18. The van der Waals surface area contributed by atoms with Gasteiger partial charge in [0.25, 0.3) is 0 Å². The molecule has 2 aromatic heterocycles. The summed E-state index contributed by atoms with van der Waals surface area (Å²) in [5.74, 6) is -0.533. The van der Waals surface area contributed by atoms with E-state index in [0.29, 0.717) is 30.0 Å². The lowest BCUT2D eigenvalue weighted by Gasteiger charge is -2.06. The molecular formula is C12H12N2O4. The van der Waals surface area contributed by atoms with Gasteiger partial charge in [0.05, 0.1) is 0 Å². The molecule has 94 valence electrons. The molecule has 1 aliphatic heterocycles. The molecule has 3 rings (SSSR count). The molecular weight excluding hydrogens is 236 g/mol. The summed E-state index contributed by atoms with van der Waals surface area (Å²) in [7, 11) is 0. The molecule has 3 heterocycles. The number of carbonyl (C=O) groups is 1. The van der Waals surface area contributed by atoms with Crippen LogP contribution < -0.4 is 0 Å². The van der Waals surface area contributed by atoms with Crippen molar-refractivity contribution in [3.05, 3.63) is 23.7 Å². The largest absolute Gasteiger partial charge is 0.479 e. The minimum atomic E-state index is -0.942.